The van der Waals surface area contributed by atoms with Gasteiger partial charge in [0.15, 0.2) is 0 Å². The van der Waals surface area contributed by atoms with Crippen molar-refractivity contribution < 1.29 is 28.9 Å². The molecule has 0 spiro atoms. The standard InChI is InChI=1S/C14H25NO6/c1-8(2)5-10(7-19-6-9(3)4)15-12(16)11-13(20-11)21-14(17)18/h8-11,13H,5-7H2,1-4H3,(H,15,16)(H,17,18)/t10-,11+,13-/m0/s1. The number of rotatable bonds is 9. The number of epoxide rings is 1. The second-order valence-corrected chi connectivity index (χ2v) is 6.08. The summed E-state index contributed by atoms with van der Waals surface area (Å²) in [5.41, 5.74) is 0. The number of nitrogens with one attached hydrogen (secondary N) is 1. The Bertz CT molecular complexity index is 357. The van der Waals surface area contributed by atoms with Crippen LogP contribution < -0.4 is 5.32 Å². The monoisotopic (exact) mass is 303 g/mol. The van der Waals surface area contributed by atoms with E-state index in [2.05, 4.69) is 37.7 Å². The van der Waals surface area contributed by atoms with Gasteiger partial charge >= 0.3 is 6.16 Å². The van der Waals surface area contributed by atoms with Crippen molar-refractivity contribution in [3.63, 3.8) is 0 Å². The van der Waals surface area contributed by atoms with E-state index in [9.17, 15) is 9.59 Å². The maximum absolute atomic E-state index is 11.9. The van der Waals surface area contributed by atoms with Gasteiger partial charge in [0.1, 0.15) is 0 Å². The predicted molar refractivity (Wildman–Crippen MR) is 74.8 cm³/mol. The zero-order valence-corrected chi connectivity index (χ0v) is 13.0. The minimum atomic E-state index is -1.45. The van der Waals surface area contributed by atoms with E-state index in [0.29, 0.717) is 25.0 Å². The van der Waals surface area contributed by atoms with E-state index in [-0.39, 0.29) is 11.9 Å². The van der Waals surface area contributed by atoms with Gasteiger partial charge in [0.05, 0.1) is 12.6 Å². The fourth-order valence-electron chi connectivity index (χ4n) is 1.94. The van der Waals surface area contributed by atoms with Gasteiger partial charge in [-0.1, -0.05) is 27.7 Å². The Morgan fingerprint density at radius 1 is 1.19 bits per heavy atom. The van der Waals surface area contributed by atoms with Crippen molar-refractivity contribution in [1.82, 2.24) is 5.32 Å². The quantitative estimate of drug-likeness (QED) is 0.496. The highest BCUT2D eigenvalue weighted by Gasteiger charge is 2.49. The van der Waals surface area contributed by atoms with Crippen LogP contribution in [-0.2, 0) is 19.0 Å². The van der Waals surface area contributed by atoms with Gasteiger partial charge < -0.3 is 24.6 Å². The molecule has 1 rings (SSSR count). The molecule has 0 bridgehead atoms. The third-order valence-electron chi connectivity index (χ3n) is 2.80. The lowest BCUT2D eigenvalue weighted by Crippen LogP contribution is -2.42. The fraction of sp³-hybridized carbons (Fsp3) is 0.857. The highest BCUT2D eigenvalue weighted by molar-refractivity contribution is 5.84. The van der Waals surface area contributed by atoms with E-state index >= 15 is 0 Å². The SMILES string of the molecule is CC(C)COC[C@H](CC(C)C)NC(=O)[C@H]1O[C@H]1OC(=O)O. The van der Waals surface area contributed by atoms with Gasteiger partial charge in [-0.15, -0.1) is 0 Å². The molecule has 7 heteroatoms. The van der Waals surface area contributed by atoms with Crippen molar-refractivity contribution >= 4 is 12.1 Å². The van der Waals surface area contributed by atoms with E-state index < -0.39 is 18.5 Å². The first-order chi connectivity index (χ1) is 9.79. The molecule has 0 saturated carbocycles. The van der Waals surface area contributed by atoms with E-state index in [1.165, 1.54) is 0 Å². The van der Waals surface area contributed by atoms with Crippen molar-refractivity contribution in [2.75, 3.05) is 13.2 Å². The summed E-state index contributed by atoms with van der Waals surface area (Å²) >= 11 is 0. The molecule has 21 heavy (non-hydrogen) atoms. The second kappa shape index (κ2) is 8.19. The molecular formula is C14H25NO6. The largest absolute Gasteiger partial charge is 0.508 e. The number of carbonyl (C=O) groups is 2. The van der Waals surface area contributed by atoms with E-state index in [0.717, 1.165) is 6.42 Å². The Labute approximate surface area is 124 Å². The lowest BCUT2D eigenvalue weighted by Gasteiger charge is -2.20. The summed E-state index contributed by atoms with van der Waals surface area (Å²) in [4.78, 5) is 22.3. The molecule has 0 unspecified atom stereocenters. The smallest absolute Gasteiger partial charge is 0.450 e. The molecule has 7 nitrogen and oxygen atoms in total. The summed E-state index contributed by atoms with van der Waals surface area (Å²) in [7, 11) is 0. The Morgan fingerprint density at radius 3 is 2.38 bits per heavy atom. The molecule has 1 aliphatic heterocycles. The first-order valence-electron chi connectivity index (χ1n) is 7.22. The first-order valence-corrected chi connectivity index (χ1v) is 7.22. The molecule has 0 aliphatic carbocycles. The zero-order chi connectivity index (χ0) is 16.0. The Balaban J connectivity index is 2.37. The molecule has 0 aromatic rings. The van der Waals surface area contributed by atoms with Crippen LogP contribution >= 0.6 is 0 Å². The molecule has 122 valence electrons. The molecule has 0 aromatic heterocycles. The number of carbonyl (C=O) groups excluding carboxylic acids is 1. The highest BCUT2D eigenvalue weighted by atomic mass is 16.8. The number of hydrogen-bond acceptors (Lipinski definition) is 5. The molecule has 0 radical (unpaired) electrons. The molecule has 1 aliphatic rings. The Hall–Kier alpha value is -1.34. The molecule has 2 N–H and O–H groups in total. The van der Waals surface area contributed by atoms with Crippen LogP contribution in [0.3, 0.4) is 0 Å². The van der Waals surface area contributed by atoms with Crippen LogP contribution in [0.4, 0.5) is 4.79 Å². The fourth-order valence-corrected chi connectivity index (χ4v) is 1.94. The molecule has 1 fully saturated rings. The summed E-state index contributed by atoms with van der Waals surface area (Å²) in [5.74, 6) is 0.477. The van der Waals surface area contributed by atoms with Crippen LogP contribution in [0.15, 0.2) is 0 Å². The maximum Gasteiger partial charge on any atom is 0.508 e. The topological polar surface area (TPSA) is 97.4 Å². The minimum Gasteiger partial charge on any atom is -0.450 e. The molecule has 1 heterocycles. The Morgan fingerprint density at radius 2 is 1.86 bits per heavy atom. The Kier molecular flexibility index (Phi) is 6.91. The van der Waals surface area contributed by atoms with Crippen LogP contribution in [0.25, 0.3) is 0 Å². The van der Waals surface area contributed by atoms with E-state index in [1.807, 2.05) is 0 Å². The minimum absolute atomic E-state index is 0.120. The lowest BCUT2D eigenvalue weighted by molar-refractivity contribution is -0.123. The van der Waals surface area contributed by atoms with Crippen LogP contribution in [0.2, 0.25) is 0 Å². The summed E-state index contributed by atoms with van der Waals surface area (Å²) in [5, 5.41) is 11.3. The summed E-state index contributed by atoms with van der Waals surface area (Å²) < 4.78 is 14.8. The van der Waals surface area contributed by atoms with Gasteiger partial charge in [-0.2, -0.15) is 0 Å². The van der Waals surface area contributed by atoms with Crippen molar-refractivity contribution in [3.05, 3.63) is 0 Å². The molecule has 1 amide bonds. The highest BCUT2D eigenvalue weighted by Crippen LogP contribution is 2.23. The molecule has 3 atom stereocenters. The zero-order valence-electron chi connectivity index (χ0n) is 13.0. The summed E-state index contributed by atoms with van der Waals surface area (Å²) in [6.07, 6.45) is -2.50. The third-order valence-corrected chi connectivity index (χ3v) is 2.80. The van der Waals surface area contributed by atoms with Gasteiger partial charge in [-0.05, 0) is 18.3 Å². The van der Waals surface area contributed by atoms with Crippen LogP contribution in [0.5, 0.6) is 0 Å². The van der Waals surface area contributed by atoms with Gasteiger partial charge in [0.25, 0.3) is 5.91 Å². The molecular weight excluding hydrogens is 278 g/mol. The second-order valence-electron chi connectivity index (χ2n) is 6.08. The van der Waals surface area contributed by atoms with Gasteiger partial charge in [0, 0.05) is 6.61 Å². The van der Waals surface area contributed by atoms with Crippen molar-refractivity contribution in [1.29, 1.82) is 0 Å². The molecule has 0 aromatic carbocycles. The van der Waals surface area contributed by atoms with E-state index in [4.69, 9.17) is 14.6 Å². The normalized spacial score (nSPS) is 22.2. The van der Waals surface area contributed by atoms with E-state index in [1.54, 1.807) is 0 Å². The molecule has 1 saturated heterocycles. The number of amides is 1. The van der Waals surface area contributed by atoms with Crippen molar-refractivity contribution in [3.8, 4) is 0 Å². The number of ether oxygens (including phenoxy) is 3. The van der Waals surface area contributed by atoms with Crippen LogP contribution in [-0.4, -0.2) is 48.8 Å². The van der Waals surface area contributed by atoms with Crippen LogP contribution in [0.1, 0.15) is 34.1 Å². The van der Waals surface area contributed by atoms with Crippen LogP contribution in [0, 0.1) is 11.8 Å². The summed E-state index contributed by atoms with van der Waals surface area (Å²) in [6, 6.07) is -0.120. The van der Waals surface area contributed by atoms with Crippen molar-refractivity contribution in [2.24, 2.45) is 11.8 Å². The first kappa shape index (κ1) is 17.7. The van der Waals surface area contributed by atoms with Crippen molar-refractivity contribution in [2.45, 2.75) is 52.6 Å². The maximum atomic E-state index is 11.9. The van der Waals surface area contributed by atoms with Gasteiger partial charge in [0.2, 0.25) is 12.4 Å². The predicted octanol–water partition coefficient (Wildman–Crippen LogP) is 1.61. The average molecular weight is 303 g/mol. The third kappa shape index (κ3) is 7.29. The number of carboxylic acid groups (broad SMARTS) is 1. The van der Waals surface area contributed by atoms with Gasteiger partial charge in [-0.3, -0.25) is 4.79 Å². The lowest BCUT2D eigenvalue weighted by atomic mass is 10.0. The summed E-state index contributed by atoms with van der Waals surface area (Å²) in [6.45, 7) is 9.30. The number of hydrogen-bond donors (Lipinski definition) is 2. The average Bonchev–Trinajstić information content (AvgIpc) is 3.05. The van der Waals surface area contributed by atoms with Gasteiger partial charge in [-0.25, -0.2) is 4.79 Å².